The van der Waals surface area contributed by atoms with Crippen molar-refractivity contribution < 1.29 is 4.42 Å². The van der Waals surface area contributed by atoms with Gasteiger partial charge in [-0.25, -0.2) is 0 Å². The number of halogens is 1. The van der Waals surface area contributed by atoms with Gasteiger partial charge in [-0.1, -0.05) is 0 Å². The summed E-state index contributed by atoms with van der Waals surface area (Å²) in [4.78, 5) is 0. The molecule has 0 fully saturated rings. The topological polar surface area (TPSA) is 39.2 Å². The van der Waals surface area contributed by atoms with Crippen molar-refractivity contribution in [3.05, 3.63) is 43.9 Å². The molecule has 80 valence electrons. The molecule has 2 aromatic heterocycles. The smallest absolute Gasteiger partial charge is 0.106 e. The highest BCUT2D eigenvalue weighted by molar-refractivity contribution is 9.10. The van der Waals surface area contributed by atoms with Crippen LogP contribution in [0.15, 0.2) is 25.7 Å². The molecule has 0 spiro atoms. The Morgan fingerprint density at radius 2 is 2.07 bits per heavy atom. The van der Waals surface area contributed by atoms with E-state index in [-0.39, 0.29) is 6.04 Å². The molecule has 0 radical (unpaired) electrons. The molecule has 0 saturated carbocycles. The van der Waals surface area contributed by atoms with E-state index in [1.165, 1.54) is 0 Å². The Hall–Kier alpha value is -0.580. The molecule has 0 aromatic carbocycles. The molecule has 2 aromatic rings. The second-order valence-corrected chi connectivity index (χ2v) is 5.12. The molecular weight excluding hydrogens is 274 g/mol. The molecule has 0 aliphatic heterocycles. The quantitative estimate of drug-likeness (QED) is 0.912. The van der Waals surface area contributed by atoms with Crippen LogP contribution in [0.1, 0.15) is 28.7 Å². The zero-order valence-electron chi connectivity index (χ0n) is 8.58. The number of furan rings is 1. The summed E-state index contributed by atoms with van der Waals surface area (Å²) in [6.07, 6.45) is 0. The second kappa shape index (κ2) is 4.12. The summed E-state index contributed by atoms with van der Waals surface area (Å²) in [6, 6.07) is 1.90. The summed E-state index contributed by atoms with van der Waals surface area (Å²) in [5.41, 5.74) is 8.37. The first-order valence-corrected chi connectivity index (χ1v) is 6.37. The van der Waals surface area contributed by atoms with Crippen LogP contribution in [0.2, 0.25) is 0 Å². The van der Waals surface area contributed by atoms with E-state index in [9.17, 15) is 0 Å². The van der Waals surface area contributed by atoms with Gasteiger partial charge < -0.3 is 10.2 Å². The Labute approximate surface area is 101 Å². The van der Waals surface area contributed by atoms with Crippen LogP contribution in [0.4, 0.5) is 0 Å². The van der Waals surface area contributed by atoms with Crippen LogP contribution < -0.4 is 5.73 Å². The van der Waals surface area contributed by atoms with E-state index in [1.807, 2.05) is 25.3 Å². The molecule has 0 bridgehead atoms. The van der Waals surface area contributed by atoms with Crippen molar-refractivity contribution in [2.24, 2.45) is 5.73 Å². The predicted molar refractivity (Wildman–Crippen MR) is 66.2 cm³/mol. The van der Waals surface area contributed by atoms with Crippen molar-refractivity contribution in [2.45, 2.75) is 19.9 Å². The Morgan fingerprint density at radius 3 is 2.53 bits per heavy atom. The summed E-state index contributed by atoms with van der Waals surface area (Å²) in [7, 11) is 0. The highest BCUT2D eigenvalue weighted by atomic mass is 79.9. The van der Waals surface area contributed by atoms with E-state index in [0.29, 0.717) is 0 Å². The number of aryl methyl sites for hydroxylation is 2. The van der Waals surface area contributed by atoms with Crippen molar-refractivity contribution in [3.63, 3.8) is 0 Å². The summed E-state index contributed by atoms with van der Waals surface area (Å²) in [5.74, 6) is 1.81. The molecule has 0 aliphatic rings. The third-order valence-corrected chi connectivity index (χ3v) is 4.14. The number of hydrogen-bond acceptors (Lipinski definition) is 3. The molecule has 2 N–H and O–H groups in total. The van der Waals surface area contributed by atoms with Gasteiger partial charge in [0.2, 0.25) is 0 Å². The fraction of sp³-hybridized carbons (Fsp3) is 0.273. The van der Waals surface area contributed by atoms with Gasteiger partial charge in [0.05, 0.1) is 6.04 Å². The maximum absolute atomic E-state index is 6.19. The zero-order valence-corrected chi connectivity index (χ0v) is 11.0. The molecule has 0 saturated heterocycles. The maximum atomic E-state index is 6.19. The van der Waals surface area contributed by atoms with Gasteiger partial charge in [0.15, 0.2) is 0 Å². The normalized spacial score (nSPS) is 13.1. The minimum atomic E-state index is -0.108. The number of thiophene rings is 1. The summed E-state index contributed by atoms with van der Waals surface area (Å²) in [5, 5.41) is 4.11. The van der Waals surface area contributed by atoms with Crippen LogP contribution in [0.3, 0.4) is 0 Å². The monoisotopic (exact) mass is 285 g/mol. The molecule has 2 rings (SSSR count). The lowest BCUT2D eigenvalue weighted by molar-refractivity contribution is 0.499. The molecular formula is C11H12BrNOS. The van der Waals surface area contributed by atoms with Crippen LogP contribution in [-0.4, -0.2) is 0 Å². The Morgan fingerprint density at radius 1 is 1.33 bits per heavy atom. The summed E-state index contributed by atoms with van der Waals surface area (Å²) >= 11 is 5.14. The van der Waals surface area contributed by atoms with E-state index in [4.69, 9.17) is 10.2 Å². The van der Waals surface area contributed by atoms with Crippen molar-refractivity contribution >= 4 is 27.3 Å². The number of rotatable bonds is 2. The Balaban J connectivity index is 2.40. The second-order valence-electron chi connectivity index (χ2n) is 3.52. The van der Waals surface area contributed by atoms with Gasteiger partial charge in [-0.2, -0.15) is 11.3 Å². The van der Waals surface area contributed by atoms with Crippen molar-refractivity contribution in [2.75, 3.05) is 0 Å². The van der Waals surface area contributed by atoms with E-state index < -0.39 is 0 Å². The first kappa shape index (κ1) is 10.9. The van der Waals surface area contributed by atoms with Crippen LogP contribution in [0.25, 0.3) is 0 Å². The first-order valence-electron chi connectivity index (χ1n) is 4.63. The summed E-state index contributed by atoms with van der Waals surface area (Å²) in [6.45, 7) is 3.88. The van der Waals surface area contributed by atoms with Gasteiger partial charge in [-0.15, -0.1) is 0 Å². The van der Waals surface area contributed by atoms with Crippen molar-refractivity contribution in [3.8, 4) is 0 Å². The van der Waals surface area contributed by atoms with E-state index in [0.717, 1.165) is 27.1 Å². The number of hydrogen-bond donors (Lipinski definition) is 1. The van der Waals surface area contributed by atoms with E-state index in [2.05, 4.69) is 21.3 Å². The molecule has 1 atom stereocenters. The van der Waals surface area contributed by atoms with Gasteiger partial charge >= 0.3 is 0 Å². The van der Waals surface area contributed by atoms with Gasteiger partial charge in [-0.05, 0) is 46.8 Å². The molecule has 0 amide bonds. The van der Waals surface area contributed by atoms with Crippen LogP contribution in [-0.2, 0) is 0 Å². The fourth-order valence-electron chi connectivity index (χ4n) is 1.64. The lowest BCUT2D eigenvalue weighted by Crippen LogP contribution is -2.11. The highest BCUT2D eigenvalue weighted by Crippen LogP contribution is 2.32. The van der Waals surface area contributed by atoms with E-state index in [1.54, 1.807) is 11.3 Å². The maximum Gasteiger partial charge on any atom is 0.106 e. The lowest BCUT2D eigenvalue weighted by Gasteiger charge is -2.09. The van der Waals surface area contributed by atoms with Crippen LogP contribution >= 0.6 is 27.3 Å². The van der Waals surface area contributed by atoms with Crippen molar-refractivity contribution in [1.82, 2.24) is 0 Å². The SMILES string of the molecule is Cc1cc(C(N)c2cscc2Br)c(C)o1. The molecule has 2 nitrogen and oxygen atoms in total. The minimum Gasteiger partial charge on any atom is -0.466 e. The molecule has 15 heavy (non-hydrogen) atoms. The average molecular weight is 286 g/mol. The first-order chi connectivity index (χ1) is 7.09. The highest BCUT2D eigenvalue weighted by Gasteiger charge is 2.17. The predicted octanol–water partition coefficient (Wildman–Crippen LogP) is 3.77. The Kier molecular flexibility index (Phi) is 3.00. The average Bonchev–Trinajstić information content (AvgIpc) is 2.71. The molecule has 4 heteroatoms. The van der Waals surface area contributed by atoms with E-state index >= 15 is 0 Å². The Bertz CT molecular complexity index is 475. The molecule has 2 heterocycles. The molecule has 1 unspecified atom stereocenters. The zero-order chi connectivity index (χ0) is 11.0. The summed E-state index contributed by atoms with van der Waals surface area (Å²) < 4.78 is 6.55. The molecule has 0 aliphatic carbocycles. The van der Waals surface area contributed by atoms with Crippen LogP contribution in [0, 0.1) is 13.8 Å². The third-order valence-electron chi connectivity index (χ3n) is 2.39. The third kappa shape index (κ3) is 2.02. The van der Waals surface area contributed by atoms with Gasteiger partial charge in [0.25, 0.3) is 0 Å². The number of nitrogens with two attached hydrogens (primary N) is 1. The lowest BCUT2D eigenvalue weighted by atomic mass is 10.0. The largest absolute Gasteiger partial charge is 0.466 e. The van der Waals surface area contributed by atoms with Gasteiger partial charge in [0.1, 0.15) is 11.5 Å². The van der Waals surface area contributed by atoms with Crippen LogP contribution in [0.5, 0.6) is 0 Å². The van der Waals surface area contributed by atoms with Gasteiger partial charge in [0, 0.05) is 15.4 Å². The standard InChI is InChI=1S/C11H12BrNOS/c1-6-3-8(7(2)14-6)11(13)9-4-15-5-10(9)12/h3-5,11H,13H2,1-2H3. The van der Waals surface area contributed by atoms with Gasteiger partial charge in [-0.3, -0.25) is 0 Å². The minimum absolute atomic E-state index is 0.108. The fourth-order valence-corrected chi connectivity index (χ4v) is 3.22. The van der Waals surface area contributed by atoms with Crippen molar-refractivity contribution in [1.29, 1.82) is 0 Å².